The summed E-state index contributed by atoms with van der Waals surface area (Å²) in [6, 6.07) is 5.63. The van der Waals surface area contributed by atoms with Gasteiger partial charge in [0.1, 0.15) is 5.75 Å². The minimum Gasteiger partial charge on any atom is -0.493 e. The minimum atomic E-state index is -0.492. The van der Waals surface area contributed by atoms with Gasteiger partial charge in [-0.3, -0.25) is 4.79 Å². The lowest BCUT2D eigenvalue weighted by atomic mass is 9.65. The number of carbonyl (C=O) groups is 1. The van der Waals surface area contributed by atoms with Gasteiger partial charge in [-0.1, -0.05) is 6.42 Å². The van der Waals surface area contributed by atoms with Crippen LogP contribution in [0.5, 0.6) is 5.75 Å². The van der Waals surface area contributed by atoms with Crippen LogP contribution in [-0.2, 0) is 6.42 Å². The summed E-state index contributed by atoms with van der Waals surface area (Å²) in [5.41, 5.74) is 1.35. The molecule has 3 nitrogen and oxygen atoms in total. The Bertz CT molecular complexity index is 455. The average Bonchev–Trinajstić information content (AvgIpc) is 2.74. The SMILES string of the molecule is O=C(c1ccc2c(c1)CCO2)C1(CO)CCC1. The van der Waals surface area contributed by atoms with E-state index in [9.17, 15) is 9.90 Å². The van der Waals surface area contributed by atoms with E-state index in [0.29, 0.717) is 6.61 Å². The number of benzene rings is 1. The molecule has 3 heteroatoms. The number of rotatable bonds is 3. The van der Waals surface area contributed by atoms with E-state index in [1.165, 1.54) is 0 Å². The van der Waals surface area contributed by atoms with Crippen LogP contribution in [0.25, 0.3) is 0 Å². The Morgan fingerprint density at radius 1 is 1.41 bits per heavy atom. The number of fused-ring (bicyclic) bond motifs is 1. The molecule has 0 aromatic heterocycles. The maximum Gasteiger partial charge on any atom is 0.171 e. The number of hydrogen-bond acceptors (Lipinski definition) is 3. The van der Waals surface area contributed by atoms with Crippen molar-refractivity contribution < 1.29 is 14.6 Å². The zero-order chi connectivity index (χ0) is 11.9. The molecule has 1 aliphatic carbocycles. The van der Waals surface area contributed by atoms with Crippen LogP contribution in [0, 0.1) is 5.41 Å². The number of ketones is 1. The van der Waals surface area contributed by atoms with Gasteiger partial charge < -0.3 is 9.84 Å². The van der Waals surface area contributed by atoms with Crippen molar-refractivity contribution in [2.24, 2.45) is 5.41 Å². The molecule has 1 fully saturated rings. The summed E-state index contributed by atoms with van der Waals surface area (Å²) in [7, 11) is 0. The third kappa shape index (κ3) is 1.57. The van der Waals surface area contributed by atoms with Gasteiger partial charge >= 0.3 is 0 Å². The van der Waals surface area contributed by atoms with Gasteiger partial charge in [0.25, 0.3) is 0 Å². The molecule has 0 spiro atoms. The van der Waals surface area contributed by atoms with E-state index in [1.807, 2.05) is 18.2 Å². The zero-order valence-electron chi connectivity index (χ0n) is 9.74. The molecule has 1 saturated carbocycles. The predicted octanol–water partition coefficient (Wildman–Crippen LogP) is 1.97. The van der Waals surface area contributed by atoms with Crippen molar-refractivity contribution in [2.45, 2.75) is 25.7 Å². The number of hydrogen-bond donors (Lipinski definition) is 1. The maximum atomic E-state index is 12.4. The fourth-order valence-corrected chi connectivity index (χ4v) is 2.69. The Morgan fingerprint density at radius 3 is 2.88 bits per heavy atom. The topological polar surface area (TPSA) is 46.5 Å². The van der Waals surface area contributed by atoms with E-state index >= 15 is 0 Å². The summed E-state index contributed by atoms with van der Waals surface area (Å²) >= 11 is 0. The summed E-state index contributed by atoms with van der Waals surface area (Å²) < 4.78 is 5.42. The van der Waals surface area contributed by atoms with Gasteiger partial charge in [-0.15, -0.1) is 0 Å². The molecule has 0 unspecified atom stereocenters. The Hall–Kier alpha value is -1.35. The van der Waals surface area contributed by atoms with Gasteiger partial charge in [0.15, 0.2) is 5.78 Å². The van der Waals surface area contributed by atoms with Crippen molar-refractivity contribution >= 4 is 5.78 Å². The van der Waals surface area contributed by atoms with E-state index in [0.717, 1.165) is 42.6 Å². The smallest absolute Gasteiger partial charge is 0.171 e. The second-order valence-corrected chi connectivity index (χ2v) is 5.04. The molecule has 3 rings (SSSR count). The first-order valence-corrected chi connectivity index (χ1v) is 6.17. The first-order valence-electron chi connectivity index (χ1n) is 6.17. The van der Waals surface area contributed by atoms with Crippen LogP contribution in [-0.4, -0.2) is 24.1 Å². The van der Waals surface area contributed by atoms with Crippen LogP contribution in [0.2, 0.25) is 0 Å². The number of ether oxygens (including phenoxy) is 1. The third-order valence-corrected chi connectivity index (χ3v) is 4.05. The van der Waals surface area contributed by atoms with Gasteiger partial charge in [-0.05, 0) is 36.6 Å². The number of Topliss-reactive ketones (excluding diaryl/α,β-unsaturated/α-hetero) is 1. The van der Waals surface area contributed by atoms with E-state index in [1.54, 1.807) is 0 Å². The molecule has 17 heavy (non-hydrogen) atoms. The first-order chi connectivity index (χ1) is 8.25. The fourth-order valence-electron chi connectivity index (χ4n) is 2.69. The molecule has 1 N–H and O–H groups in total. The van der Waals surface area contributed by atoms with Crippen LogP contribution in [0.4, 0.5) is 0 Å². The summed E-state index contributed by atoms with van der Waals surface area (Å²) in [4.78, 5) is 12.4. The molecule has 90 valence electrons. The Morgan fingerprint density at radius 2 is 2.24 bits per heavy atom. The van der Waals surface area contributed by atoms with Crippen LogP contribution in [0.15, 0.2) is 18.2 Å². The van der Waals surface area contributed by atoms with Gasteiger partial charge in [0, 0.05) is 12.0 Å². The number of aliphatic hydroxyl groups is 1. The molecule has 1 heterocycles. The molecule has 0 amide bonds. The lowest BCUT2D eigenvalue weighted by Crippen LogP contribution is -2.41. The largest absolute Gasteiger partial charge is 0.493 e. The molecular formula is C14H16O3. The van der Waals surface area contributed by atoms with Crippen molar-refractivity contribution in [2.75, 3.05) is 13.2 Å². The van der Waals surface area contributed by atoms with Crippen molar-refractivity contribution in [3.8, 4) is 5.75 Å². The van der Waals surface area contributed by atoms with Crippen molar-refractivity contribution in [1.82, 2.24) is 0 Å². The maximum absolute atomic E-state index is 12.4. The predicted molar refractivity (Wildman–Crippen MR) is 63.3 cm³/mol. The highest BCUT2D eigenvalue weighted by Gasteiger charge is 2.43. The monoisotopic (exact) mass is 232 g/mol. The average molecular weight is 232 g/mol. The zero-order valence-corrected chi connectivity index (χ0v) is 9.74. The van der Waals surface area contributed by atoms with Crippen LogP contribution in [0.1, 0.15) is 35.2 Å². The first kappa shape index (κ1) is 10.8. The Kier molecular flexibility index (Phi) is 2.44. The van der Waals surface area contributed by atoms with Crippen molar-refractivity contribution in [3.05, 3.63) is 29.3 Å². The summed E-state index contributed by atoms with van der Waals surface area (Å²) in [5.74, 6) is 0.995. The fraction of sp³-hybridized carbons (Fsp3) is 0.500. The normalized spacial score (nSPS) is 20.3. The second-order valence-electron chi connectivity index (χ2n) is 5.04. The second kappa shape index (κ2) is 3.84. The molecule has 0 atom stereocenters. The highest BCUT2D eigenvalue weighted by molar-refractivity contribution is 6.01. The molecule has 0 radical (unpaired) electrons. The van der Waals surface area contributed by atoms with E-state index in [4.69, 9.17) is 4.74 Å². The standard InChI is InChI=1S/C14H16O3/c15-9-14(5-1-6-14)13(16)11-2-3-12-10(8-11)4-7-17-12/h2-3,8,15H,1,4-7,9H2. The summed E-state index contributed by atoms with van der Waals surface area (Å²) in [5, 5.41) is 9.42. The van der Waals surface area contributed by atoms with Gasteiger partial charge in [0.2, 0.25) is 0 Å². The molecular weight excluding hydrogens is 216 g/mol. The molecule has 0 bridgehead atoms. The molecule has 0 saturated heterocycles. The Balaban J connectivity index is 1.91. The van der Waals surface area contributed by atoms with Crippen molar-refractivity contribution in [1.29, 1.82) is 0 Å². The van der Waals surface area contributed by atoms with Gasteiger partial charge in [-0.25, -0.2) is 0 Å². The lowest BCUT2D eigenvalue weighted by Gasteiger charge is -2.38. The van der Waals surface area contributed by atoms with E-state index < -0.39 is 5.41 Å². The molecule has 1 aliphatic heterocycles. The Labute approximate surface area is 100 Å². The minimum absolute atomic E-state index is 0.0284. The molecule has 1 aromatic rings. The highest BCUT2D eigenvalue weighted by atomic mass is 16.5. The number of aliphatic hydroxyl groups excluding tert-OH is 1. The lowest BCUT2D eigenvalue weighted by molar-refractivity contribution is 0.0348. The molecule has 2 aliphatic rings. The third-order valence-electron chi connectivity index (χ3n) is 4.05. The summed E-state index contributed by atoms with van der Waals surface area (Å²) in [6.45, 7) is 0.678. The van der Waals surface area contributed by atoms with Crippen molar-refractivity contribution in [3.63, 3.8) is 0 Å². The van der Waals surface area contributed by atoms with Crippen LogP contribution < -0.4 is 4.74 Å². The highest BCUT2D eigenvalue weighted by Crippen LogP contribution is 2.43. The van der Waals surface area contributed by atoms with E-state index in [-0.39, 0.29) is 12.4 Å². The van der Waals surface area contributed by atoms with Crippen LogP contribution >= 0.6 is 0 Å². The summed E-state index contributed by atoms with van der Waals surface area (Å²) in [6.07, 6.45) is 3.55. The van der Waals surface area contributed by atoms with Crippen LogP contribution in [0.3, 0.4) is 0 Å². The van der Waals surface area contributed by atoms with E-state index in [2.05, 4.69) is 0 Å². The van der Waals surface area contributed by atoms with Gasteiger partial charge in [-0.2, -0.15) is 0 Å². The van der Waals surface area contributed by atoms with Gasteiger partial charge in [0.05, 0.1) is 18.6 Å². The molecule has 1 aromatic carbocycles. The number of carbonyl (C=O) groups excluding carboxylic acids is 1. The quantitative estimate of drug-likeness (QED) is 0.810.